The van der Waals surface area contributed by atoms with Gasteiger partial charge in [-0.05, 0) is 34.5 Å². The third-order valence-corrected chi connectivity index (χ3v) is 3.06. The second-order valence-corrected chi connectivity index (χ2v) is 4.36. The third kappa shape index (κ3) is 2.27. The summed E-state index contributed by atoms with van der Waals surface area (Å²) in [5.74, 6) is 0.556. The molecule has 74 valence electrons. The highest BCUT2D eigenvalue weighted by atomic mass is 35.5. The van der Waals surface area contributed by atoms with Crippen molar-refractivity contribution < 1.29 is 4.74 Å². The van der Waals surface area contributed by atoms with Crippen LogP contribution < -0.4 is 0 Å². The van der Waals surface area contributed by atoms with Gasteiger partial charge in [0.1, 0.15) is 0 Å². The fourth-order valence-electron chi connectivity index (χ4n) is 1.35. The Morgan fingerprint density at radius 3 is 3.07 bits per heavy atom. The molecule has 0 fully saturated rings. The zero-order valence-corrected chi connectivity index (χ0v) is 9.27. The van der Waals surface area contributed by atoms with Gasteiger partial charge in [0.05, 0.1) is 13.2 Å². The van der Waals surface area contributed by atoms with Crippen LogP contribution in [-0.4, -0.2) is 12.5 Å². The lowest BCUT2D eigenvalue weighted by atomic mass is 10.2. The molecule has 1 nitrogen and oxygen atoms in total. The van der Waals surface area contributed by atoms with Gasteiger partial charge >= 0.3 is 0 Å². The monoisotopic (exact) mass is 226 g/mol. The van der Waals surface area contributed by atoms with Gasteiger partial charge in [-0.25, -0.2) is 0 Å². The van der Waals surface area contributed by atoms with E-state index in [4.69, 9.17) is 16.3 Å². The lowest BCUT2D eigenvalue weighted by molar-refractivity contribution is 0.136. The minimum Gasteiger partial charge on any atom is -0.376 e. The molecular formula is C11H11ClOS. The van der Waals surface area contributed by atoms with Crippen LogP contribution >= 0.6 is 22.9 Å². The van der Waals surface area contributed by atoms with Gasteiger partial charge in [-0.1, -0.05) is 6.07 Å². The van der Waals surface area contributed by atoms with E-state index in [1.165, 1.54) is 15.6 Å². The fourth-order valence-corrected chi connectivity index (χ4v) is 2.23. The number of hydrogen-bond donors (Lipinski definition) is 0. The van der Waals surface area contributed by atoms with Crippen LogP contribution in [0.2, 0.25) is 0 Å². The quantitative estimate of drug-likeness (QED) is 0.571. The number of ether oxygens (including phenoxy) is 1. The van der Waals surface area contributed by atoms with Crippen molar-refractivity contribution in [3.05, 3.63) is 35.2 Å². The first-order valence-corrected chi connectivity index (χ1v) is 5.91. The summed E-state index contributed by atoms with van der Waals surface area (Å²) in [5.41, 5.74) is 1.21. The van der Waals surface area contributed by atoms with E-state index < -0.39 is 0 Å². The number of hydrogen-bond acceptors (Lipinski definition) is 2. The van der Waals surface area contributed by atoms with Gasteiger partial charge in [0, 0.05) is 10.6 Å². The van der Waals surface area contributed by atoms with Crippen LogP contribution in [0.4, 0.5) is 0 Å². The first-order chi connectivity index (χ1) is 6.90. The highest BCUT2D eigenvalue weighted by Gasteiger charge is 1.97. The Kier molecular flexibility index (Phi) is 3.40. The van der Waals surface area contributed by atoms with E-state index in [0.29, 0.717) is 19.1 Å². The van der Waals surface area contributed by atoms with Crippen LogP contribution in [0.1, 0.15) is 5.56 Å². The molecule has 14 heavy (non-hydrogen) atoms. The van der Waals surface area contributed by atoms with Crippen LogP contribution in [0.15, 0.2) is 29.6 Å². The van der Waals surface area contributed by atoms with Crippen LogP contribution in [0.25, 0.3) is 10.1 Å². The van der Waals surface area contributed by atoms with Crippen LogP contribution in [0, 0.1) is 0 Å². The van der Waals surface area contributed by atoms with Crippen molar-refractivity contribution in [2.24, 2.45) is 0 Å². The first kappa shape index (κ1) is 9.97. The van der Waals surface area contributed by atoms with Crippen molar-refractivity contribution in [1.82, 2.24) is 0 Å². The van der Waals surface area contributed by atoms with Gasteiger partial charge in [-0.15, -0.1) is 22.9 Å². The fraction of sp³-hybridized carbons (Fsp3) is 0.273. The number of alkyl halides is 1. The van der Waals surface area contributed by atoms with Crippen molar-refractivity contribution in [2.75, 3.05) is 12.5 Å². The predicted molar refractivity (Wildman–Crippen MR) is 62.2 cm³/mol. The second-order valence-electron chi connectivity index (χ2n) is 3.03. The maximum Gasteiger partial charge on any atom is 0.0717 e. The standard InChI is InChI=1S/C11H11ClOS/c12-4-5-13-8-9-1-2-11-10(7-9)3-6-14-11/h1-3,6-7H,4-5,8H2. The Bertz CT molecular complexity index is 410. The SMILES string of the molecule is ClCCOCc1ccc2sccc2c1. The third-order valence-electron chi connectivity index (χ3n) is 2.01. The van der Waals surface area contributed by atoms with E-state index in [1.807, 2.05) is 0 Å². The molecule has 0 aliphatic heterocycles. The summed E-state index contributed by atoms with van der Waals surface area (Å²) in [6, 6.07) is 8.54. The van der Waals surface area contributed by atoms with Crippen molar-refractivity contribution in [3.63, 3.8) is 0 Å². The molecule has 2 aromatic rings. The molecule has 0 aliphatic rings. The van der Waals surface area contributed by atoms with E-state index in [-0.39, 0.29) is 0 Å². The first-order valence-electron chi connectivity index (χ1n) is 4.50. The summed E-state index contributed by atoms with van der Waals surface area (Å²) in [6.45, 7) is 1.27. The van der Waals surface area contributed by atoms with Crippen LogP contribution in [0.5, 0.6) is 0 Å². The summed E-state index contributed by atoms with van der Waals surface area (Å²) < 4.78 is 6.69. The summed E-state index contributed by atoms with van der Waals surface area (Å²) in [7, 11) is 0. The average Bonchev–Trinajstić information content (AvgIpc) is 2.65. The van der Waals surface area contributed by atoms with Crippen molar-refractivity contribution >= 4 is 33.0 Å². The van der Waals surface area contributed by atoms with E-state index in [9.17, 15) is 0 Å². The highest BCUT2D eigenvalue weighted by Crippen LogP contribution is 2.21. The number of rotatable bonds is 4. The minimum atomic E-state index is 0.556. The molecule has 0 atom stereocenters. The molecular weight excluding hydrogens is 216 g/mol. The Balaban J connectivity index is 2.10. The van der Waals surface area contributed by atoms with Gasteiger partial charge in [-0.2, -0.15) is 0 Å². The predicted octanol–water partition coefficient (Wildman–Crippen LogP) is 3.66. The molecule has 0 unspecified atom stereocenters. The van der Waals surface area contributed by atoms with Gasteiger partial charge in [0.2, 0.25) is 0 Å². The molecule has 0 N–H and O–H groups in total. The number of halogens is 1. The molecule has 0 radical (unpaired) electrons. The zero-order chi connectivity index (χ0) is 9.80. The van der Waals surface area contributed by atoms with E-state index in [0.717, 1.165) is 0 Å². The molecule has 1 aromatic heterocycles. The van der Waals surface area contributed by atoms with Gasteiger partial charge in [-0.3, -0.25) is 0 Å². The number of benzene rings is 1. The Morgan fingerprint density at radius 2 is 2.21 bits per heavy atom. The topological polar surface area (TPSA) is 9.23 Å². The molecule has 0 saturated heterocycles. The molecule has 0 spiro atoms. The highest BCUT2D eigenvalue weighted by molar-refractivity contribution is 7.17. The summed E-state index contributed by atoms with van der Waals surface area (Å²) in [5, 5.41) is 3.40. The lowest BCUT2D eigenvalue weighted by Gasteiger charge is -2.02. The van der Waals surface area contributed by atoms with Gasteiger partial charge in [0.25, 0.3) is 0 Å². The smallest absolute Gasteiger partial charge is 0.0717 e. The van der Waals surface area contributed by atoms with Gasteiger partial charge < -0.3 is 4.74 Å². The molecule has 1 heterocycles. The molecule has 0 saturated carbocycles. The maximum absolute atomic E-state index is 5.52. The van der Waals surface area contributed by atoms with Crippen LogP contribution in [-0.2, 0) is 11.3 Å². The molecule has 2 rings (SSSR count). The maximum atomic E-state index is 5.52. The molecule has 1 aromatic carbocycles. The second kappa shape index (κ2) is 4.78. The molecule has 0 amide bonds. The minimum absolute atomic E-state index is 0.556. The summed E-state index contributed by atoms with van der Waals surface area (Å²) in [4.78, 5) is 0. The Labute approximate surface area is 92.3 Å². The number of thiophene rings is 1. The largest absolute Gasteiger partial charge is 0.376 e. The van der Waals surface area contributed by atoms with Crippen molar-refractivity contribution in [3.8, 4) is 0 Å². The lowest BCUT2D eigenvalue weighted by Crippen LogP contribution is -1.95. The van der Waals surface area contributed by atoms with Crippen molar-refractivity contribution in [2.45, 2.75) is 6.61 Å². The summed E-state index contributed by atoms with van der Waals surface area (Å²) >= 11 is 7.28. The molecule has 0 aliphatic carbocycles. The van der Waals surface area contributed by atoms with Crippen molar-refractivity contribution in [1.29, 1.82) is 0 Å². The van der Waals surface area contributed by atoms with E-state index in [1.54, 1.807) is 11.3 Å². The Morgan fingerprint density at radius 1 is 1.29 bits per heavy atom. The zero-order valence-electron chi connectivity index (χ0n) is 7.70. The number of fused-ring (bicyclic) bond motifs is 1. The van der Waals surface area contributed by atoms with E-state index >= 15 is 0 Å². The molecule has 3 heteroatoms. The normalized spacial score (nSPS) is 10.9. The Hall–Kier alpha value is -0.570. The summed E-state index contributed by atoms with van der Waals surface area (Å²) in [6.07, 6.45) is 0. The van der Waals surface area contributed by atoms with E-state index in [2.05, 4.69) is 29.6 Å². The van der Waals surface area contributed by atoms with Gasteiger partial charge in [0.15, 0.2) is 0 Å². The average molecular weight is 227 g/mol. The molecule has 0 bridgehead atoms. The van der Waals surface area contributed by atoms with Crippen LogP contribution in [0.3, 0.4) is 0 Å².